The highest BCUT2D eigenvalue weighted by Gasteiger charge is 2.64. The molecule has 0 aliphatic carbocycles. The number of hydrogen-bond acceptors (Lipinski definition) is 7. The molecule has 0 amide bonds. The van der Waals surface area contributed by atoms with Crippen LogP contribution in [0.5, 0.6) is 5.75 Å². The molecule has 150 valence electrons. The SMILES string of the molecule is CCOC(=O)[C@@H]1ON2O[C@H](C(=O)c3ccc(C)cc3)[C@H]3c4ccccc4O[C@@H]1[C@H]32. The van der Waals surface area contributed by atoms with Gasteiger partial charge in [-0.15, -0.1) is 0 Å². The zero-order valence-corrected chi connectivity index (χ0v) is 16.1. The number of rotatable bonds is 4. The summed E-state index contributed by atoms with van der Waals surface area (Å²) >= 11 is 0. The number of benzene rings is 2. The number of carbonyl (C=O) groups is 2. The zero-order chi connectivity index (χ0) is 20.1. The second-order valence-corrected chi connectivity index (χ2v) is 7.46. The molecule has 0 aromatic heterocycles. The summed E-state index contributed by atoms with van der Waals surface area (Å²) < 4.78 is 11.2. The number of aryl methyl sites for hydroxylation is 1. The summed E-state index contributed by atoms with van der Waals surface area (Å²) in [5, 5.41) is 1.27. The molecule has 5 atom stereocenters. The summed E-state index contributed by atoms with van der Waals surface area (Å²) in [5.74, 6) is -0.324. The first-order valence-electron chi connectivity index (χ1n) is 9.74. The minimum atomic E-state index is -0.939. The Morgan fingerprint density at radius 3 is 2.52 bits per heavy atom. The first-order chi connectivity index (χ1) is 14.1. The molecule has 2 aromatic carbocycles. The molecule has 0 N–H and O–H groups in total. The average Bonchev–Trinajstić information content (AvgIpc) is 3.28. The number of ether oxygens (including phenoxy) is 2. The minimum absolute atomic E-state index is 0.129. The molecule has 0 spiro atoms. The number of esters is 1. The highest BCUT2D eigenvalue weighted by Crippen LogP contribution is 2.50. The van der Waals surface area contributed by atoms with Crippen LogP contribution in [-0.4, -0.2) is 47.9 Å². The van der Waals surface area contributed by atoms with Gasteiger partial charge in [-0.25, -0.2) is 4.79 Å². The van der Waals surface area contributed by atoms with Crippen LogP contribution in [0.2, 0.25) is 0 Å². The standard InChI is InChI=1S/C22H21NO6/c1-3-26-22(25)21-20-17-16(14-6-4-5-7-15(14)27-20)19(28-23(17)29-21)18(24)13-10-8-12(2)9-11-13/h4-11,16-17,19-21H,3H2,1-2H3/t16-,17-,19-,20+,21+/m0/s1. The lowest BCUT2D eigenvalue weighted by molar-refractivity contribution is -0.347. The first kappa shape index (κ1) is 18.3. The molecule has 3 aliphatic rings. The number of fused-ring (bicyclic) bond motifs is 2. The molecule has 0 saturated carbocycles. The summed E-state index contributed by atoms with van der Waals surface area (Å²) in [4.78, 5) is 37.3. The predicted octanol–water partition coefficient (Wildman–Crippen LogP) is 2.58. The van der Waals surface area contributed by atoms with Crippen molar-refractivity contribution in [3.8, 4) is 5.75 Å². The molecule has 3 heterocycles. The van der Waals surface area contributed by atoms with Gasteiger partial charge >= 0.3 is 5.97 Å². The van der Waals surface area contributed by atoms with Crippen LogP contribution in [0.3, 0.4) is 0 Å². The lowest BCUT2D eigenvalue weighted by Gasteiger charge is -2.33. The Morgan fingerprint density at radius 2 is 1.76 bits per heavy atom. The van der Waals surface area contributed by atoms with Crippen LogP contribution in [0, 0.1) is 6.92 Å². The summed E-state index contributed by atoms with van der Waals surface area (Å²) in [7, 11) is 0. The lowest BCUT2D eigenvalue weighted by Crippen LogP contribution is -2.48. The Hall–Kier alpha value is -2.74. The number of para-hydroxylation sites is 1. The summed E-state index contributed by atoms with van der Waals surface area (Å²) in [6, 6.07) is 14.5. The van der Waals surface area contributed by atoms with E-state index in [0.29, 0.717) is 11.3 Å². The lowest BCUT2D eigenvalue weighted by atomic mass is 9.79. The number of Topliss-reactive ketones (excluding diaryl/α,β-unsaturated/α-hetero) is 1. The maximum atomic E-state index is 13.3. The topological polar surface area (TPSA) is 74.3 Å². The molecular formula is C22H21NO6. The fourth-order valence-electron chi connectivity index (χ4n) is 4.31. The third kappa shape index (κ3) is 2.85. The molecule has 3 aliphatic heterocycles. The molecule has 7 heteroatoms. The van der Waals surface area contributed by atoms with E-state index in [1.165, 1.54) is 5.23 Å². The van der Waals surface area contributed by atoms with Gasteiger partial charge in [-0.3, -0.25) is 14.5 Å². The van der Waals surface area contributed by atoms with Crippen LogP contribution in [0.1, 0.15) is 34.3 Å². The quantitative estimate of drug-likeness (QED) is 0.582. The number of hydrogen-bond donors (Lipinski definition) is 0. The average molecular weight is 395 g/mol. The van der Waals surface area contributed by atoms with Crippen molar-refractivity contribution in [2.75, 3.05) is 6.61 Å². The van der Waals surface area contributed by atoms with Crippen molar-refractivity contribution in [1.82, 2.24) is 5.23 Å². The van der Waals surface area contributed by atoms with Crippen LogP contribution in [-0.2, 0) is 19.2 Å². The van der Waals surface area contributed by atoms with E-state index in [-0.39, 0.29) is 18.3 Å². The highest BCUT2D eigenvalue weighted by molar-refractivity contribution is 6.00. The number of nitrogens with zero attached hydrogens (tertiary/aromatic N) is 1. The maximum Gasteiger partial charge on any atom is 0.341 e. The van der Waals surface area contributed by atoms with E-state index < -0.39 is 30.3 Å². The summed E-state index contributed by atoms with van der Waals surface area (Å²) in [6.07, 6.45) is -2.32. The molecule has 29 heavy (non-hydrogen) atoms. The Balaban J connectivity index is 1.53. The Morgan fingerprint density at radius 1 is 1.03 bits per heavy atom. The van der Waals surface area contributed by atoms with Gasteiger partial charge in [0.25, 0.3) is 0 Å². The maximum absolute atomic E-state index is 13.3. The normalized spacial score (nSPS) is 29.7. The second-order valence-electron chi connectivity index (χ2n) is 7.46. The fourth-order valence-corrected chi connectivity index (χ4v) is 4.31. The smallest absolute Gasteiger partial charge is 0.341 e. The van der Waals surface area contributed by atoms with Crippen molar-refractivity contribution >= 4 is 11.8 Å². The third-order valence-electron chi connectivity index (χ3n) is 5.66. The van der Waals surface area contributed by atoms with Gasteiger partial charge in [0, 0.05) is 17.0 Å². The molecule has 7 nitrogen and oxygen atoms in total. The van der Waals surface area contributed by atoms with Gasteiger partial charge in [-0.1, -0.05) is 53.3 Å². The van der Waals surface area contributed by atoms with Gasteiger partial charge in [-0.2, -0.15) is 0 Å². The fraction of sp³-hybridized carbons (Fsp3) is 0.364. The van der Waals surface area contributed by atoms with Gasteiger partial charge in [-0.05, 0) is 19.9 Å². The van der Waals surface area contributed by atoms with Crippen molar-refractivity contribution in [1.29, 1.82) is 0 Å². The van der Waals surface area contributed by atoms with Crippen molar-refractivity contribution in [2.45, 2.75) is 44.1 Å². The first-order valence-corrected chi connectivity index (χ1v) is 9.74. The van der Waals surface area contributed by atoms with Crippen molar-refractivity contribution in [3.05, 3.63) is 65.2 Å². The molecule has 0 unspecified atom stereocenters. The Kier molecular flexibility index (Phi) is 4.38. The van der Waals surface area contributed by atoms with Crippen molar-refractivity contribution < 1.29 is 28.7 Å². The summed E-state index contributed by atoms with van der Waals surface area (Å²) in [5.41, 5.74) is 2.52. The molecule has 2 saturated heterocycles. The van der Waals surface area contributed by atoms with Crippen molar-refractivity contribution in [3.63, 3.8) is 0 Å². The van der Waals surface area contributed by atoms with E-state index in [4.69, 9.17) is 19.1 Å². The van der Waals surface area contributed by atoms with Crippen molar-refractivity contribution in [2.24, 2.45) is 0 Å². The van der Waals surface area contributed by atoms with Crippen LogP contribution < -0.4 is 4.74 Å². The highest BCUT2D eigenvalue weighted by atomic mass is 17.0. The van der Waals surface area contributed by atoms with Gasteiger partial charge in [0.2, 0.25) is 6.10 Å². The van der Waals surface area contributed by atoms with E-state index in [9.17, 15) is 9.59 Å². The van der Waals surface area contributed by atoms with E-state index in [0.717, 1.165) is 11.1 Å². The van der Waals surface area contributed by atoms with Gasteiger partial charge in [0.1, 0.15) is 11.8 Å². The van der Waals surface area contributed by atoms with Crippen LogP contribution in [0.25, 0.3) is 0 Å². The Bertz CT molecular complexity index is 958. The molecule has 5 rings (SSSR count). The molecule has 2 fully saturated rings. The number of hydroxylamine groups is 2. The molecular weight excluding hydrogens is 374 g/mol. The minimum Gasteiger partial charge on any atom is -0.485 e. The second kappa shape index (κ2) is 6.95. The van der Waals surface area contributed by atoms with E-state index in [2.05, 4.69) is 0 Å². The number of ketones is 1. The van der Waals surface area contributed by atoms with Gasteiger partial charge < -0.3 is 9.47 Å². The van der Waals surface area contributed by atoms with Gasteiger partial charge in [0.15, 0.2) is 18.0 Å². The molecule has 0 bridgehead atoms. The molecule has 0 radical (unpaired) electrons. The Labute approximate surface area is 168 Å². The van der Waals surface area contributed by atoms with E-state index in [1.807, 2.05) is 43.3 Å². The van der Waals surface area contributed by atoms with E-state index in [1.54, 1.807) is 19.1 Å². The molecule has 2 aromatic rings. The summed E-state index contributed by atoms with van der Waals surface area (Å²) in [6.45, 7) is 3.95. The predicted molar refractivity (Wildman–Crippen MR) is 101 cm³/mol. The monoisotopic (exact) mass is 395 g/mol. The van der Waals surface area contributed by atoms with Crippen LogP contribution >= 0.6 is 0 Å². The number of carbonyl (C=O) groups excluding carboxylic acids is 2. The third-order valence-corrected chi connectivity index (χ3v) is 5.66. The van der Waals surface area contributed by atoms with E-state index >= 15 is 0 Å². The van der Waals surface area contributed by atoms with Gasteiger partial charge in [0.05, 0.1) is 6.61 Å². The van der Waals surface area contributed by atoms with Crippen LogP contribution in [0.15, 0.2) is 48.5 Å². The zero-order valence-electron chi connectivity index (χ0n) is 16.1. The largest absolute Gasteiger partial charge is 0.485 e. The van der Waals surface area contributed by atoms with Crippen LogP contribution in [0.4, 0.5) is 0 Å².